The van der Waals surface area contributed by atoms with Crippen LogP contribution in [0.2, 0.25) is 0 Å². The molecule has 1 aromatic carbocycles. The summed E-state index contributed by atoms with van der Waals surface area (Å²) >= 11 is 0. The quantitative estimate of drug-likeness (QED) is 0.514. The zero-order valence-corrected chi connectivity index (χ0v) is 11.3. The van der Waals surface area contributed by atoms with Gasteiger partial charge in [-0.05, 0) is 18.6 Å². The Hall–Kier alpha value is -2.21. The molecule has 1 heterocycles. The first-order valence-corrected chi connectivity index (χ1v) is 6.51. The fraction of sp³-hybridized carbons (Fsp3) is 0.357. The number of carbonyl (C=O) groups excluding carboxylic acids is 1. The Morgan fingerprint density at radius 1 is 1.55 bits per heavy atom. The van der Waals surface area contributed by atoms with E-state index in [2.05, 4.69) is 5.32 Å². The molecule has 1 fully saturated rings. The fourth-order valence-corrected chi connectivity index (χ4v) is 2.15. The van der Waals surface area contributed by atoms with Crippen molar-refractivity contribution in [2.75, 3.05) is 19.6 Å². The summed E-state index contributed by atoms with van der Waals surface area (Å²) in [5.41, 5.74) is 0.672. The smallest absolute Gasteiger partial charge is 0.270 e. The molecule has 0 radical (unpaired) electrons. The Morgan fingerprint density at radius 2 is 2.35 bits per heavy atom. The van der Waals surface area contributed by atoms with Gasteiger partial charge in [0.25, 0.3) is 5.69 Å². The van der Waals surface area contributed by atoms with Crippen LogP contribution in [0.5, 0.6) is 0 Å². The maximum absolute atomic E-state index is 12.0. The molecule has 1 amide bonds. The molecule has 2 rings (SSSR count). The van der Waals surface area contributed by atoms with Crippen molar-refractivity contribution < 1.29 is 9.72 Å². The molecular formula is C14H17N3O3. The molecule has 0 bridgehead atoms. The van der Waals surface area contributed by atoms with Crippen LogP contribution >= 0.6 is 0 Å². The molecule has 1 atom stereocenters. The Bertz CT molecular complexity index is 542. The third kappa shape index (κ3) is 3.64. The highest BCUT2D eigenvalue weighted by Gasteiger charge is 2.18. The number of non-ortho nitro benzene ring substituents is 1. The number of nitro benzene ring substituents is 1. The first-order valence-electron chi connectivity index (χ1n) is 6.51. The van der Waals surface area contributed by atoms with Crippen molar-refractivity contribution in [3.63, 3.8) is 0 Å². The largest absolute Gasteiger partial charge is 0.336 e. The van der Waals surface area contributed by atoms with Crippen LogP contribution in [0, 0.1) is 10.1 Å². The van der Waals surface area contributed by atoms with Crippen molar-refractivity contribution in [3.05, 3.63) is 46.0 Å². The maximum atomic E-state index is 12.0. The maximum Gasteiger partial charge on any atom is 0.270 e. The number of rotatable bonds is 3. The molecule has 6 nitrogen and oxygen atoms in total. The number of nitro groups is 1. The van der Waals surface area contributed by atoms with Gasteiger partial charge in [-0.2, -0.15) is 0 Å². The summed E-state index contributed by atoms with van der Waals surface area (Å²) in [5, 5.41) is 13.9. The Morgan fingerprint density at radius 3 is 3.05 bits per heavy atom. The van der Waals surface area contributed by atoms with Gasteiger partial charge in [0.05, 0.1) is 4.92 Å². The van der Waals surface area contributed by atoms with Gasteiger partial charge in [-0.1, -0.05) is 12.1 Å². The second-order valence-electron chi connectivity index (χ2n) is 4.82. The molecular weight excluding hydrogens is 258 g/mol. The molecule has 1 saturated heterocycles. The van der Waals surface area contributed by atoms with Crippen LogP contribution in [0.15, 0.2) is 30.3 Å². The number of nitrogens with zero attached hydrogens (tertiary/aromatic N) is 2. The van der Waals surface area contributed by atoms with E-state index in [1.165, 1.54) is 18.2 Å². The molecule has 0 saturated carbocycles. The Kier molecular flexibility index (Phi) is 4.47. The Balaban J connectivity index is 2.03. The number of benzene rings is 1. The lowest BCUT2D eigenvalue weighted by Gasteiger charge is -2.31. The summed E-state index contributed by atoms with van der Waals surface area (Å²) in [7, 11) is 0. The van der Waals surface area contributed by atoms with Crippen molar-refractivity contribution >= 4 is 17.7 Å². The summed E-state index contributed by atoms with van der Waals surface area (Å²) < 4.78 is 0. The number of hydrogen-bond acceptors (Lipinski definition) is 4. The standard InChI is InChI=1S/C14H17N3O3/c1-11-10-16(8-7-15-11)14(18)6-5-12-3-2-4-13(9-12)17(19)20/h2-6,9,11,15H,7-8,10H2,1H3. The van der Waals surface area contributed by atoms with Crippen LogP contribution in [-0.4, -0.2) is 41.4 Å². The molecule has 1 aliphatic rings. The molecule has 106 valence electrons. The minimum Gasteiger partial charge on any atom is -0.336 e. The van der Waals surface area contributed by atoms with Gasteiger partial charge in [0.2, 0.25) is 5.91 Å². The lowest BCUT2D eigenvalue weighted by Crippen LogP contribution is -2.50. The van der Waals surface area contributed by atoms with Crippen LogP contribution < -0.4 is 5.32 Å². The average Bonchev–Trinajstić information content (AvgIpc) is 2.45. The van der Waals surface area contributed by atoms with Crippen molar-refractivity contribution in [2.24, 2.45) is 0 Å². The average molecular weight is 275 g/mol. The van der Waals surface area contributed by atoms with E-state index in [1.54, 1.807) is 23.1 Å². The van der Waals surface area contributed by atoms with Crippen LogP contribution in [0.3, 0.4) is 0 Å². The van der Waals surface area contributed by atoms with Crippen LogP contribution in [0.1, 0.15) is 12.5 Å². The van der Waals surface area contributed by atoms with E-state index in [-0.39, 0.29) is 11.6 Å². The molecule has 1 aromatic rings. The second kappa shape index (κ2) is 6.29. The minimum atomic E-state index is -0.447. The molecule has 0 aliphatic carbocycles. The van der Waals surface area contributed by atoms with E-state index in [9.17, 15) is 14.9 Å². The first kappa shape index (κ1) is 14.2. The highest BCUT2D eigenvalue weighted by molar-refractivity contribution is 5.92. The number of carbonyl (C=O) groups is 1. The molecule has 1 unspecified atom stereocenters. The van der Waals surface area contributed by atoms with E-state index in [1.807, 2.05) is 6.92 Å². The molecule has 1 aliphatic heterocycles. The summed E-state index contributed by atoms with van der Waals surface area (Å²) in [6, 6.07) is 6.51. The SMILES string of the molecule is CC1CN(C(=O)C=Cc2cccc([N+](=O)[O-])c2)CCN1. The van der Waals surface area contributed by atoms with Crippen molar-refractivity contribution in [2.45, 2.75) is 13.0 Å². The van der Waals surface area contributed by atoms with Crippen LogP contribution in [0.4, 0.5) is 5.69 Å². The summed E-state index contributed by atoms with van der Waals surface area (Å²) in [5.74, 6) is -0.0649. The van der Waals surface area contributed by atoms with Crippen molar-refractivity contribution in [1.82, 2.24) is 10.2 Å². The van der Waals surface area contributed by atoms with Gasteiger partial charge in [-0.25, -0.2) is 0 Å². The predicted molar refractivity (Wildman–Crippen MR) is 76.2 cm³/mol. The molecule has 1 N–H and O–H groups in total. The van der Waals surface area contributed by atoms with Gasteiger partial charge < -0.3 is 10.2 Å². The number of amides is 1. The monoisotopic (exact) mass is 275 g/mol. The lowest BCUT2D eigenvalue weighted by molar-refractivity contribution is -0.384. The summed E-state index contributed by atoms with van der Waals surface area (Å²) in [6.45, 7) is 4.18. The van der Waals surface area contributed by atoms with Gasteiger partial charge in [-0.3, -0.25) is 14.9 Å². The normalized spacial score (nSPS) is 19.2. The van der Waals surface area contributed by atoms with E-state index in [4.69, 9.17) is 0 Å². The topological polar surface area (TPSA) is 75.5 Å². The summed E-state index contributed by atoms with van der Waals surface area (Å²) in [4.78, 5) is 24.0. The van der Waals surface area contributed by atoms with Gasteiger partial charge in [0.1, 0.15) is 0 Å². The fourth-order valence-electron chi connectivity index (χ4n) is 2.15. The lowest BCUT2D eigenvalue weighted by atomic mass is 10.2. The van der Waals surface area contributed by atoms with Gasteiger partial charge >= 0.3 is 0 Å². The number of piperazine rings is 1. The van der Waals surface area contributed by atoms with E-state index in [0.717, 1.165) is 6.54 Å². The highest BCUT2D eigenvalue weighted by Crippen LogP contribution is 2.14. The van der Waals surface area contributed by atoms with Gasteiger partial charge in [0.15, 0.2) is 0 Å². The van der Waals surface area contributed by atoms with Crippen molar-refractivity contribution in [3.8, 4) is 0 Å². The number of hydrogen-bond donors (Lipinski definition) is 1. The zero-order valence-electron chi connectivity index (χ0n) is 11.3. The number of nitrogens with one attached hydrogen (secondary N) is 1. The Labute approximate surface area is 117 Å². The first-order chi connectivity index (χ1) is 9.56. The minimum absolute atomic E-state index is 0.0235. The predicted octanol–water partition coefficient (Wildman–Crippen LogP) is 1.43. The molecule has 6 heteroatoms. The van der Waals surface area contributed by atoms with Crippen molar-refractivity contribution in [1.29, 1.82) is 0 Å². The van der Waals surface area contributed by atoms with E-state index < -0.39 is 4.92 Å². The van der Waals surface area contributed by atoms with Gasteiger partial charge in [0, 0.05) is 43.9 Å². The van der Waals surface area contributed by atoms with Crippen LogP contribution in [0.25, 0.3) is 6.08 Å². The van der Waals surface area contributed by atoms with E-state index >= 15 is 0 Å². The highest BCUT2D eigenvalue weighted by atomic mass is 16.6. The third-order valence-corrected chi connectivity index (χ3v) is 3.18. The third-order valence-electron chi connectivity index (χ3n) is 3.18. The molecule has 20 heavy (non-hydrogen) atoms. The zero-order chi connectivity index (χ0) is 14.5. The van der Waals surface area contributed by atoms with Crippen LogP contribution in [-0.2, 0) is 4.79 Å². The summed E-state index contributed by atoms with van der Waals surface area (Å²) in [6.07, 6.45) is 3.08. The van der Waals surface area contributed by atoms with E-state index in [0.29, 0.717) is 24.7 Å². The molecule has 0 spiro atoms. The van der Waals surface area contributed by atoms with Gasteiger partial charge in [-0.15, -0.1) is 0 Å². The molecule has 0 aromatic heterocycles. The second-order valence-corrected chi connectivity index (χ2v) is 4.82.